The van der Waals surface area contributed by atoms with Crippen LogP contribution in [0.4, 0.5) is 34.1 Å². The first-order valence-electron chi connectivity index (χ1n) is 29.6. The van der Waals surface area contributed by atoms with Crippen LogP contribution in [0.2, 0.25) is 0 Å². The van der Waals surface area contributed by atoms with Gasteiger partial charge in [0.25, 0.3) is 0 Å². The third kappa shape index (κ3) is 6.34. The molecule has 402 valence electrons. The standard InChI is InChI=1S/C80H50N4O2/c1-47-21-9-13-35-63(47)81(65-37-19-31-59-55-27-11-15-39-69(55)85-79(59)65)51-41-43-53-57-29-17-33-61-73-72(50-25-7-4-8-26-50)78-74(71(49-23-5-3-6-24-49)77(73)83(75(57)61)67(53)45-51)62-34-18-30-58-54-44-42-52(46-68(54)84(78)76(58)62)82(64-36-14-10-22-48(64)2)66-38-20-32-60-56-28-12-16-40-70(56)86-80(60)66/h3-46H,1-2H3. The summed E-state index contributed by atoms with van der Waals surface area (Å²) < 4.78 is 18.9. The van der Waals surface area contributed by atoms with E-state index in [9.17, 15) is 0 Å². The van der Waals surface area contributed by atoms with E-state index in [-0.39, 0.29) is 0 Å². The molecule has 6 nitrogen and oxygen atoms in total. The van der Waals surface area contributed by atoms with Crippen molar-refractivity contribution in [2.45, 2.75) is 13.8 Å². The summed E-state index contributed by atoms with van der Waals surface area (Å²) in [4.78, 5) is 4.81. The predicted molar refractivity (Wildman–Crippen MR) is 360 cm³/mol. The minimum Gasteiger partial charge on any atom is -0.454 e. The van der Waals surface area contributed by atoms with E-state index >= 15 is 0 Å². The number of furan rings is 2. The Morgan fingerprint density at radius 2 is 0.640 bits per heavy atom. The molecule has 6 heteroatoms. The molecule has 13 aromatic carbocycles. The summed E-state index contributed by atoms with van der Waals surface area (Å²) >= 11 is 0. The molecule has 0 unspecified atom stereocenters. The lowest BCUT2D eigenvalue weighted by atomic mass is 9.89. The molecule has 0 atom stereocenters. The molecular formula is C80H50N4O2. The minimum absolute atomic E-state index is 0.855. The molecule has 0 fully saturated rings. The summed E-state index contributed by atoms with van der Waals surface area (Å²) in [5.74, 6) is 0. The number of nitrogens with zero attached hydrogens (tertiary/aromatic N) is 4. The maximum Gasteiger partial charge on any atom is 0.159 e. The predicted octanol–water partition coefficient (Wildman–Crippen LogP) is 22.7. The van der Waals surface area contributed by atoms with Crippen LogP contribution in [0.1, 0.15) is 11.1 Å². The number of para-hydroxylation sites is 8. The maximum absolute atomic E-state index is 6.85. The van der Waals surface area contributed by atoms with Gasteiger partial charge in [-0.1, -0.05) is 206 Å². The van der Waals surface area contributed by atoms with Crippen molar-refractivity contribution in [3.05, 3.63) is 278 Å². The fourth-order valence-electron chi connectivity index (χ4n) is 15.0. The lowest BCUT2D eigenvalue weighted by Crippen LogP contribution is -2.11. The SMILES string of the molecule is Cc1ccccc1N(c1ccc2c3cccc4c5c(-c6ccccc6)c6c(c(-c7ccccc7)c5n(c2c1)c34)c1cccc2c3ccc(N(c4ccccc4C)c4cccc5c4oc4ccccc45)cc3n6c21)c1cccc2c1oc1ccccc12. The average molecular weight is 1100 g/mol. The van der Waals surface area contributed by atoms with Crippen molar-refractivity contribution in [1.82, 2.24) is 8.80 Å². The van der Waals surface area contributed by atoms with Gasteiger partial charge in [-0.15, -0.1) is 0 Å². The molecule has 0 aliphatic carbocycles. The molecule has 19 aromatic rings. The maximum atomic E-state index is 6.85. The van der Waals surface area contributed by atoms with E-state index in [4.69, 9.17) is 8.83 Å². The van der Waals surface area contributed by atoms with E-state index in [0.717, 1.165) is 111 Å². The number of rotatable bonds is 8. The Bertz CT molecular complexity index is 5630. The Morgan fingerprint density at radius 1 is 0.279 bits per heavy atom. The number of aromatic nitrogens is 2. The molecule has 0 saturated carbocycles. The zero-order chi connectivity index (χ0) is 56.5. The van der Waals surface area contributed by atoms with E-state index in [1.807, 2.05) is 0 Å². The summed E-state index contributed by atoms with van der Waals surface area (Å²) in [6, 6.07) is 97.6. The second kappa shape index (κ2) is 17.6. The van der Waals surface area contributed by atoms with E-state index in [2.05, 4.69) is 299 Å². The number of aryl methyl sites for hydroxylation is 2. The first kappa shape index (κ1) is 47.2. The van der Waals surface area contributed by atoms with E-state index in [1.54, 1.807) is 0 Å². The van der Waals surface area contributed by atoms with Gasteiger partial charge < -0.3 is 27.4 Å². The zero-order valence-electron chi connectivity index (χ0n) is 47.0. The van der Waals surface area contributed by atoms with E-state index in [0.29, 0.717) is 0 Å². The molecule has 0 amide bonds. The highest BCUT2D eigenvalue weighted by Gasteiger charge is 2.32. The summed E-state index contributed by atoms with van der Waals surface area (Å²) in [5, 5.41) is 14.1. The third-order valence-corrected chi connectivity index (χ3v) is 18.6. The molecule has 19 rings (SSSR count). The molecule has 0 radical (unpaired) electrons. The highest BCUT2D eigenvalue weighted by atomic mass is 16.3. The quantitative estimate of drug-likeness (QED) is 0.152. The molecular weight excluding hydrogens is 1050 g/mol. The van der Waals surface area contributed by atoms with Gasteiger partial charge in [0.2, 0.25) is 0 Å². The minimum atomic E-state index is 0.855. The van der Waals surface area contributed by atoms with Gasteiger partial charge in [0, 0.05) is 98.5 Å². The van der Waals surface area contributed by atoms with E-state index < -0.39 is 0 Å². The second-order valence-electron chi connectivity index (χ2n) is 23.2. The average Bonchev–Trinajstić information content (AvgIpc) is 1.51. The monoisotopic (exact) mass is 1100 g/mol. The molecule has 86 heavy (non-hydrogen) atoms. The molecule has 6 heterocycles. The largest absolute Gasteiger partial charge is 0.454 e. The van der Waals surface area contributed by atoms with Crippen LogP contribution in [0.25, 0.3) is 142 Å². The lowest BCUT2D eigenvalue weighted by Gasteiger charge is -2.27. The number of benzene rings is 13. The first-order valence-corrected chi connectivity index (χ1v) is 29.6. The van der Waals surface area contributed by atoms with Crippen LogP contribution >= 0.6 is 0 Å². The van der Waals surface area contributed by atoms with Gasteiger partial charge in [0.1, 0.15) is 11.2 Å². The van der Waals surface area contributed by atoms with Gasteiger partial charge in [-0.2, -0.15) is 0 Å². The van der Waals surface area contributed by atoms with Gasteiger partial charge >= 0.3 is 0 Å². The third-order valence-electron chi connectivity index (χ3n) is 18.6. The Labute approximate surface area is 493 Å². The van der Waals surface area contributed by atoms with Gasteiger partial charge in [0.05, 0.1) is 44.5 Å². The van der Waals surface area contributed by atoms with Crippen LogP contribution in [0.3, 0.4) is 0 Å². The van der Waals surface area contributed by atoms with Crippen LogP contribution in [-0.4, -0.2) is 8.80 Å². The van der Waals surface area contributed by atoms with Gasteiger partial charge in [-0.3, -0.25) is 0 Å². The first-order chi connectivity index (χ1) is 42.6. The summed E-state index contributed by atoms with van der Waals surface area (Å²) in [6.07, 6.45) is 0. The summed E-state index contributed by atoms with van der Waals surface area (Å²) in [5.41, 5.74) is 23.8. The normalized spacial score (nSPS) is 12.3. The summed E-state index contributed by atoms with van der Waals surface area (Å²) in [6.45, 7) is 4.41. The zero-order valence-corrected chi connectivity index (χ0v) is 47.0. The van der Waals surface area contributed by atoms with Crippen molar-refractivity contribution in [2.24, 2.45) is 0 Å². The van der Waals surface area contributed by atoms with Crippen molar-refractivity contribution >= 4 is 154 Å². The lowest BCUT2D eigenvalue weighted by molar-refractivity contribution is 0.668. The molecule has 0 spiro atoms. The number of hydrogen-bond donors (Lipinski definition) is 0. The molecule has 0 aliphatic rings. The number of fused-ring (bicyclic) bond motifs is 18. The van der Waals surface area contributed by atoms with Gasteiger partial charge in [0.15, 0.2) is 11.2 Å². The Kier molecular flexibility index (Phi) is 9.65. The van der Waals surface area contributed by atoms with Crippen LogP contribution in [0, 0.1) is 13.8 Å². The van der Waals surface area contributed by atoms with Crippen molar-refractivity contribution in [2.75, 3.05) is 9.80 Å². The van der Waals surface area contributed by atoms with Crippen LogP contribution in [0.5, 0.6) is 0 Å². The summed E-state index contributed by atoms with van der Waals surface area (Å²) in [7, 11) is 0. The van der Waals surface area contributed by atoms with Crippen LogP contribution in [-0.2, 0) is 0 Å². The Balaban J connectivity index is 0.959. The fourth-order valence-corrected chi connectivity index (χ4v) is 15.0. The molecule has 0 N–H and O–H groups in total. The van der Waals surface area contributed by atoms with Crippen molar-refractivity contribution in [1.29, 1.82) is 0 Å². The topological polar surface area (TPSA) is 41.6 Å². The second-order valence-corrected chi connectivity index (χ2v) is 23.2. The molecule has 0 bridgehead atoms. The Morgan fingerprint density at radius 3 is 1.09 bits per heavy atom. The smallest absolute Gasteiger partial charge is 0.159 e. The van der Waals surface area contributed by atoms with Crippen molar-refractivity contribution < 1.29 is 8.83 Å². The molecule has 0 aliphatic heterocycles. The van der Waals surface area contributed by atoms with Crippen molar-refractivity contribution in [3.63, 3.8) is 0 Å². The molecule has 0 saturated heterocycles. The van der Waals surface area contributed by atoms with Gasteiger partial charge in [-0.25, -0.2) is 0 Å². The highest BCUT2D eigenvalue weighted by Crippen LogP contribution is 2.55. The van der Waals surface area contributed by atoms with E-state index in [1.165, 1.54) is 76.3 Å². The van der Waals surface area contributed by atoms with Crippen molar-refractivity contribution in [3.8, 4) is 22.3 Å². The fraction of sp³-hybridized carbons (Fsp3) is 0.0250. The van der Waals surface area contributed by atoms with Crippen LogP contribution in [0.15, 0.2) is 276 Å². The van der Waals surface area contributed by atoms with Crippen LogP contribution < -0.4 is 9.80 Å². The molecule has 6 aromatic heterocycles. The highest BCUT2D eigenvalue weighted by molar-refractivity contribution is 6.38. The number of hydrogen-bond acceptors (Lipinski definition) is 4. The van der Waals surface area contributed by atoms with Gasteiger partial charge in [-0.05, 0) is 96.8 Å². The number of anilines is 6. The Hall–Kier alpha value is -11.3.